The molecule has 0 fully saturated rings. The highest BCUT2D eigenvalue weighted by atomic mass is 16.6. The lowest BCUT2D eigenvalue weighted by Crippen LogP contribution is -2.16. The number of hydrogen-bond donors (Lipinski definition) is 0. The molecule has 11 heavy (non-hydrogen) atoms. The summed E-state index contributed by atoms with van der Waals surface area (Å²) in [4.78, 5) is 21.4. The summed E-state index contributed by atoms with van der Waals surface area (Å²) < 4.78 is 4.50. The molecular formula is C7H7O4-. The second kappa shape index (κ2) is 2.38. The quantitative estimate of drug-likeness (QED) is 0.365. The lowest BCUT2D eigenvalue weighted by atomic mass is 10.1. The number of Topliss-reactive ketones (excluding diaryl/α,β-unsaturated/α-hetero) is 1. The van der Waals surface area contributed by atoms with Gasteiger partial charge in [-0.15, -0.1) is 0 Å². The largest absolute Gasteiger partial charge is 0.872 e. The summed E-state index contributed by atoms with van der Waals surface area (Å²) in [7, 11) is 0. The molecule has 1 rings (SSSR count). The van der Waals surface area contributed by atoms with E-state index in [2.05, 4.69) is 4.74 Å². The minimum absolute atomic E-state index is 0.336. The number of esters is 1. The van der Waals surface area contributed by atoms with E-state index >= 15 is 0 Å². The summed E-state index contributed by atoms with van der Waals surface area (Å²) in [5, 5.41) is 11.0. The van der Waals surface area contributed by atoms with Crippen LogP contribution >= 0.6 is 0 Å². The van der Waals surface area contributed by atoms with Crippen LogP contribution in [0, 0.1) is 0 Å². The van der Waals surface area contributed by atoms with Crippen LogP contribution in [0.3, 0.4) is 0 Å². The number of ether oxygens (including phenoxy) is 1. The van der Waals surface area contributed by atoms with Crippen molar-refractivity contribution in [2.45, 2.75) is 20.0 Å². The predicted octanol–water partition coefficient (Wildman–Crippen LogP) is -0.865. The van der Waals surface area contributed by atoms with Gasteiger partial charge in [0.05, 0.1) is 5.57 Å². The third-order valence-corrected chi connectivity index (χ3v) is 1.46. The van der Waals surface area contributed by atoms with Crippen LogP contribution in [0.4, 0.5) is 0 Å². The molecule has 4 nitrogen and oxygen atoms in total. The highest BCUT2D eigenvalue weighted by Gasteiger charge is 2.27. The van der Waals surface area contributed by atoms with Gasteiger partial charge in [-0.05, 0) is 13.8 Å². The first-order valence-corrected chi connectivity index (χ1v) is 3.17. The summed E-state index contributed by atoms with van der Waals surface area (Å²) in [5.74, 6) is -1.83. The molecule has 0 saturated carbocycles. The Morgan fingerprint density at radius 2 is 2.18 bits per heavy atom. The Balaban J connectivity index is 3.07. The van der Waals surface area contributed by atoms with E-state index < -0.39 is 23.6 Å². The number of rotatable bonds is 1. The zero-order chi connectivity index (χ0) is 8.59. The Bertz CT molecular complexity index is 251. The topological polar surface area (TPSA) is 66.4 Å². The monoisotopic (exact) mass is 155 g/mol. The van der Waals surface area contributed by atoms with Crippen LogP contribution in [0.15, 0.2) is 11.3 Å². The van der Waals surface area contributed by atoms with Crippen molar-refractivity contribution in [2.24, 2.45) is 0 Å². The van der Waals surface area contributed by atoms with Crippen LogP contribution in [-0.4, -0.2) is 17.9 Å². The molecule has 4 heteroatoms. The number of hydrogen-bond acceptors (Lipinski definition) is 4. The third kappa shape index (κ3) is 1.11. The van der Waals surface area contributed by atoms with Crippen molar-refractivity contribution in [3.05, 3.63) is 11.3 Å². The second-order valence-corrected chi connectivity index (χ2v) is 2.34. The van der Waals surface area contributed by atoms with Gasteiger partial charge in [-0.3, -0.25) is 4.79 Å². The summed E-state index contributed by atoms with van der Waals surface area (Å²) in [5.41, 5.74) is -0.336. The molecule has 60 valence electrons. The SMILES string of the molecule is CC(=O)C1=C([O-])C(C)OC1=O. The van der Waals surface area contributed by atoms with Gasteiger partial charge in [0.15, 0.2) is 5.78 Å². The fourth-order valence-electron chi connectivity index (χ4n) is 0.894. The first kappa shape index (κ1) is 7.78. The molecule has 1 heterocycles. The van der Waals surface area contributed by atoms with Crippen molar-refractivity contribution in [3.63, 3.8) is 0 Å². The molecule has 0 aromatic carbocycles. The van der Waals surface area contributed by atoms with Crippen LogP contribution in [-0.2, 0) is 14.3 Å². The summed E-state index contributed by atoms with van der Waals surface area (Å²) in [6.45, 7) is 2.61. The summed E-state index contributed by atoms with van der Waals surface area (Å²) >= 11 is 0. The zero-order valence-electron chi connectivity index (χ0n) is 6.21. The normalized spacial score (nSPS) is 23.8. The van der Waals surface area contributed by atoms with E-state index in [9.17, 15) is 14.7 Å². The Labute approximate surface area is 63.5 Å². The van der Waals surface area contributed by atoms with Crippen LogP contribution < -0.4 is 5.11 Å². The Morgan fingerprint density at radius 1 is 1.64 bits per heavy atom. The van der Waals surface area contributed by atoms with E-state index in [4.69, 9.17) is 0 Å². The van der Waals surface area contributed by atoms with E-state index in [0.29, 0.717) is 0 Å². The van der Waals surface area contributed by atoms with E-state index in [1.54, 1.807) is 0 Å². The van der Waals surface area contributed by atoms with Gasteiger partial charge >= 0.3 is 5.97 Å². The lowest BCUT2D eigenvalue weighted by Gasteiger charge is -2.10. The highest BCUT2D eigenvalue weighted by Crippen LogP contribution is 2.18. The van der Waals surface area contributed by atoms with Crippen molar-refractivity contribution in [3.8, 4) is 0 Å². The minimum atomic E-state index is -0.796. The Kier molecular flexibility index (Phi) is 1.68. The third-order valence-electron chi connectivity index (χ3n) is 1.46. The first-order chi connectivity index (χ1) is 5.04. The van der Waals surface area contributed by atoms with Crippen LogP contribution in [0.25, 0.3) is 0 Å². The summed E-state index contributed by atoms with van der Waals surface area (Å²) in [6, 6.07) is 0. The fraction of sp³-hybridized carbons (Fsp3) is 0.429. The molecule has 1 aliphatic heterocycles. The molecule has 0 aromatic rings. The molecule has 0 aliphatic carbocycles. The maximum absolute atomic E-state index is 11.0. The zero-order valence-corrected chi connectivity index (χ0v) is 6.21. The van der Waals surface area contributed by atoms with Crippen LogP contribution in [0.1, 0.15) is 13.8 Å². The molecule has 1 unspecified atom stereocenters. The van der Waals surface area contributed by atoms with Gasteiger partial charge in [0.25, 0.3) is 0 Å². The second-order valence-electron chi connectivity index (χ2n) is 2.34. The maximum Gasteiger partial charge on any atom is 0.341 e. The Hall–Kier alpha value is -1.32. The molecule has 1 atom stereocenters. The highest BCUT2D eigenvalue weighted by molar-refractivity contribution is 6.18. The average Bonchev–Trinajstić information content (AvgIpc) is 2.07. The lowest BCUT2D eigenvalue weighted by molar-refractivity contribution is -0.315. The van der Waals surface area contributed by atoms with Crippen LogP contribution in [0.2, 0.25) is 0 Å². The molecule has 0 aromatic heterocycles. The smallest absolute Gasteiger partial charge is 0.341 e. The van der Waals surface area contributed by atoms with E-state index in [0.717, 1.165) is 0 Å². The van der Waals surface area contributed by atoms with Crippen molar-refractivity contribution < 1.29 is 19.4 Å². The first-order valence-electron chi connectivity index (χ1n) is 3.17. The van der Waals surface area contributed by atoms with Gasteiger partial charge in [-0.1, -0.05) is 5.76 Å². The minimum Gasteiger partial charge on any atom is -0.872 e. The predicted molar refractivity (Wildman–Crippen MR) is 33.3 cm³/mol. The van der Waals surface area contributed by atoms with Gasteiger partial charge in [-0.25, -0.2) is 4.79 Å². The van der Waals surface area contributed by atoms with Gasteiger partial charge in [-0.2, -0.15) is 0 Å². The van der Waals surface area contributed by atoms with Crippen molar-refractivity contribution in [1.29, 1.82) is 0 Å². The standard InChI is InChI=1S/C7H8O4/c1-3(8)5-6(9)4(2)11-7(5)10/h4,9H,1-2H3/p-1. The van der Waals surface area contributed by atoms with Gasteiger partial charge in [0, 0.05) is 0 Å². The van der Waals surface area contributed by atoms with E-state index in [-0.39, 0.29) is 5.57 Å². The number of carbonyl (C=O) groups is 2. The molecule has 0 radical (unpaired) electrons. The van der Waals surface area contributed by atoms with Crippen LogP contribution in [0.5, 0.6) is 0 Å². The van der Waals surface area contributed by atoms with Crippen molar-refractivity contribution in [2.75, 3.05) is 0 Å². The van der Waals surface area contributed by atoms with Gasteiger partial charge < -0.3 is 9.84 Å². The molecule has 0 amide bonds. The summed E-state index contributed by atoms with van der Waals surface area (Å²) in [6.07, 6.45) is -0.790. The molecular weight excluding hydrogens is 148 g/mol. The maximum atomic E-state index is 11.0. The molecule has 0 saturated heterocycles. The number of ketones is 1. The van der Waals surface area contributed by atoms with Crippen molar-refractivity contribution in [1.82, 2.24) is 0 Å². The Morgan fingerprint density at radius 3 is 2.36 bits per heavy atom. The average molecular weight is 155 g/mol. The molecule has 0 N–H and O–H groups in total. The molecule has 1 aliphatic rings. The fourth-order valence-corrected chi connectivity index (χ4v) is 0.894. The molecule has 0 spiro atoms. The van der Waals surface area contributed by atoms with E-state index in [1.165, 1.54) is 13.8 Å². The van der Waals surface area contributed by atoms with E-state index in [1.807, 2.05) is 0 Å². The molecule has 0 bridgehead atoms. The number of cyclic esters (lactones) is 1. The van der Waals surface area contributed by atoms with Gasteiger partial charge in [0.1, 0.15) is 6.10 Å². The van der Waals surface area contributed by atoms with Gasteiger partial charge in [0.2, 0.25) is 0 Å². The van der Waals surface area contributed by atoms with Crippen molar-refractivity contribution >= 4 is 11.8 Å². The number of carbonyl (C=O) groups excluding carboxylic acids is 2.